The Hall–Kier alpha value is -0.930. The van der Waals surface area contributed by atoms with Gasteiger partial charge in [0.15, 0.2) is 6.04 Å². The van der Waals surface area contributed by atoms with Crippen molar-refractivity contribution in [2.24, 2.45) is 10.2 Å². The topological polar surface area (TPSA) is 51.0 Å². The lowest BCUT2D eigenvalue weighted by molar-refractivity contribution is -0.144. The first-order valence-corrected chi connectivity index (χ1v) is 3.18. The maximum atomic E-state index is 10.8. The fraction of sp³-hybridized carbons (Fsp3) is 0.833. The van der Waals surface area contributed by atoms with Gasteiger partial charge in [-0.3, -0.25) is 0 Å². The number of hydrogen-bond acceptors (Lipinski definition) is 4. The minimum absolute atomic E-state index is 0.326. The van der Waals surface area contributed by atoms with Crippen LogP contribution in [0.3, 0.4) is 0 Å². The molecule has 0 fully saturated rings. The summed E-state index contributed by atoms with van der Waals surface area (Å²) in [5, 5.41) is 7.06. The van der Waals surface area contributed by atoms with Gasteiger partial charge in [-0.05, 0) is 13.8 Å². The largest absolute Gasteiger partial charge is 0.464 e. The molecule has 58 valence electrons. The minimum Gasteiger partial charge on any atom is -0.464 e. The van der Waals surface area contributed by atoms with E-state index >= 15 is 0 Å². The average Bonchev–Trinajstić information content (AvgIpc) is 1.89. The van der Waals surface area contributed by atoms with E-state index in [1.165, 1.54) is 7.05 Å². The Balaban J connectivity index is 3.70. The predicted octanol–water partition coefficient (Wildman–Crippen LogP) is 1.02. The van der Waals surface area contributed by atoms with Crippen molar-refractivity contribution in [1.29, 1.82) is 0 Å². The van der Waals surface area contributed by atoms with Crippen LogP contribution in [0.2, 0.25) is 0 Å². The van der Waals surface area contributed by atoms with Gasteiger partial charge in [-0.25, -0.2) is 4.79 Å². The summed E-state index contributed by atoms with van der Waals surface area (Å²) < 4.78 is 4.66. The van der Waals surface area contributed by atoms with Gasteiger partial charge in [-0.2, -0.15) is 10.2 Å². The number of azo groups is 1. The minimum atomic E-state index is -0.468. The number of carbonyl (C=O) groups is 1. The number of carbonyl (C=O) groups excluding carboxylic acids is 1. The molecule has 0 saturated heterocycles. The molecule has 1 unspecified atom stereocenters. The van der Waals surface area contributed by atoms with E-state index in [2.05, 4.69) is 15.0 Å². The zero-order chi connectivity index (χ0) is 7.98. The highest BCUT2D eigenvalue weighted by atomic mass is 16.5. The number of ether oxygens (including phenoxy) is 1. The molecule has 0 N–H and O–H groups in total. The summed E-state index contributed by atoms with van der Waals surface area (Å²) in [5.41, 5.74) is 0. The predicted molar refractivity (Wildman–Crippen MR) is 36.9 cm³/mol. The second-order valence-corrected chi connectivity index (χ2v) is 1.74. The number of nitrogens with zero attached hydrogens (tertiary/aromatic N) is 2. The lowest BCUT2D eigenvalue weighted by atomic mass is 10.4. The van der Waals surface area contributed by atoms with E-state index < -0.39 is 6.04 Å². The molecule has 0 saturated carbocycles. The number of esters is 1. The third-order valence-corrected chi connectivity index (χ3v) is 0.916. The normalized spacial score (nSPS) is 13.5. The first-order chi connectivity index (χ1) is 4.72. The van der Waals surface area contributed by atoms with Crippen molar-refractivity contribution >= 4 is 5.97 Å². The van der Waals surface area contributed by atoms with Crippen molar-refractivity contribution in [2.45, 2.75) is 19.9 Å². The molecule has 0 amide bonds. The molecule has 0 aromatic carbocycles. The van der Waals surface area contributed by atoms with Crippen LogP contribution in [-0.2, 0) is 9.53 Å². The van der Waals surface area contributed by atoms with E-state index in [4.69, 9.17) is 0 Å². The van der Waals surface area contributed by atoms with Crippen LogP contribution in [0.5, 0.6) is 0 Å². The molecule has 4 heteroatoms. The molecule has 0 rings (SSSR count). The fourth-order valence-electron chi connectivity index (χ4n) is 0.483. The van der Waals surface area contributed by atoms with Crippen LogP contribution in [0, 0.1) is 0 Å². The average molecular weight is 144 g/mol. The van der Waals surface area contributed by atoms with E-state index in [0.717, 1.165) is 0 Å². The Bertz CT molecular complexity index is 134. The van der Waals surface area contributed by atoms with Gasteiger partial charge >= 0.3 is 5.97 Å². The van der Waals surface area contributed by atoms with Crippen LogP contribution in [0.25, 0.3) is 0 Å². The molecule has 0 aliphatic carbocycles. The van der Waals surface area contributed by atoms with Crippen LogP contribution >= 0.6 is 0 Å². The Morgan fingerprint density at radius 3 is 2.70 bits per heavy atom. The van der Waals surface area contributed by atoms with Gasteiger partial charge < -0.3 is 4.74 Å². The maximum absolute atomic E-state index is 10.8. The lowest BCUT2D eigenvalue weighted by Gasteiger charge is -2.02. The molecule has 0 aliphatic heterocycles. The zero-order valence-corrected chi connectivity index (χ0v) is 6.50. The van der Waals surface area contributed by atoms with Crippen LogP contribution in [0.15, 0.2) is 10.2 Å². The van der Waals surface area contributed by atoms with E-state index in [1.54, 1.807) is 13.8 Å². The summed E-state index contributed by atoms with van der Waals surface area (Å²) in [6.07, 6.45) is 0. The van der Waals surface area contributed by atoms with Crippen molar-refractivity contribution in [3.05, 3.63) is 0 Å². The summed E-state index contributed by atoms with van der Waals surface area (Å²) in [5.74, 6) is -0.326. The molecule has 0 aromatic rings. The molecule has 0 aromatic heterocycles. The van der Waals surface area contributed by atoms with E-state index in [-0.39, 0.29) is 5.97 Å². The maximum Gasteiger partial charge on any atom is 0.332 e. The smallest absolute Gasteiger partial charge is 0.332 e. The van der Waals surface area contributed by atoms with Crippen molar-refractivity contribution in [3.63, 3.8) is 0 Å². The van der Waals surface area contributed by atoms with Gasteiger partial charge in [-0.1, -0.05) is 0 Å². The van der Waals surface area contributed by atoms with Gasteiger partial charge in [0.25, 0.3) is 0 Å². The van der Waals surface area contributed by atoms with Gasteiger partial charge in [0.2, 0.25) is 0 Å². The molecule has 0 bridgehead atoms. The second-order valence-electron chi connectivity index (χ2n) is 1.74. The quantitative estimate of drug-likeness (QED) is 0.438. The van der Waals surface area contributed by atoms with Crippen LogP contribution in [0.1, 0.15) is 13.8 Å². The van der Waals surface area contributed by atoms with Crippen LogP contribution in [0.4, 0.5) is 0 Å². The molecular weight excluding hydrogens is 132 g/mol. The Labute approximate surface area is 60.3 Å². The third kappa shape index (κ3) is 3.17. The molecule has 1 atom stereocenters. The molecule has 10 heavy (non-hydrogen) atoms. The number of rotatable bonds is 3. The van der Waals surface area contributed by atoms with Gasteiger partial charge in [0, 0.05) is 7.05 Å². The van der Waals surface area contributed by atoms with Crippen molar-refractivity contribution in [1.82, 2.24) is 0 Å². The van der Waals surface area contributed by atoms with Gasteiger partial charge in [0.05, 0.1) is 6.61 Å². The molecule has 0 spiro atoms. The van der Waals surface area contributed by atoms with Crippen molar-refractivity contribution in [3.8, 4) is 0 Å². The van der Waals surface area contributed by atoms with Crippen LogP contribution in [-0.4, -0.2) is 25.7 Å². The molecular formula is C6H12N2O2. The lowest BCUT2D eigenvalue weighted by Crippen LogP contribution is -2.17. The molecule has 0 radical (unpaired) electrons. The third-order valence-electron chi connectivity index (χ3n) is 0.916. The van der Waals surface area contributed by atoms with Gasteiger partial charge in [0.1, 0.15) is 0 Å². The molecule has 0 aliphatic rings. The second kappa shape index (κ2) is 4.90. The highest BCUT2D eigenvalue weighted by molar-refractivity contribution is 5.75. The summed E-state index contributed by atoms with van der Waals surface area (Å²) in [4.78, 5) is 10.8. The molecule has 4 nitrogen and oxygen atoms in total. The van der Waals surface area contributed by atoms with E-state index in [9.17, 15) is 4.79 Å². The van der Waals surface area contributed by atoms with E-state index in [1.807, 2.05) is 0 Å². The number of hydrogen-bond donors (Lipinski definition) is 0. The summed E-state index contributed by atoms with van der Waals surface area (Å²) in [6, 6.07) is -0.468. The zero-order valence-electron chi connectivity index (χ0n) is 6.50. The standard InChI is InChI=1S/C6H12N2O2/c1-4-10-6(9)5(2)8-7-3/h5H,4H2,1-3H3. The van der Waals surface area contributed by atoms with E-state index in [0.29, 0.717) is 6.61 Å². The monoisotopic (exact) mass is 144 g/mol. The Kier molecular flexibility index (Phi) is 4.45. The highest BCUT2D eigenvalue weighted by Crippen LogP contribution is 1.93. The summed E-state index contributed by atoms with van der Waals surface area (Å²) in [6.45, 7) is 3.79. The summed E-state index contributed by atoms with van der Waals surface area (Å²) >= 11 is 0. The molecule has 0 heterocycles. The Morgan fingerprint density at radius 1 is 1.70 bits per heavy atom. The first kappa shape index (κ1) is 9.07. The first-order valence-electron chi connectivity index (χ1n) is 3.18. The highest BCUT2D eigenvalue weighted by Gasteiger charge is 2.10. The van der Waals surface area contributed by atoms with Crippen LogP contribution < -0.4 is 0 Å². The van der Waals surface area contributed by atoms with Crippen molar-refractivity contribution in [2.75, 3.05) is 13.7 Å². The van der Waals surface area contributed by atoms with Crippen molar-refractivity contribution < 1.29 is 9.53 Å². The van der Waals surface area contributed by atoms with Gasteiger partial charge in [-0.15, -0.1) is 0 Å². The fourth-order valence-corrected chi connectivity index (χ4v) is 0.483. The summed E-state index contributed by atoms with van der Waals surface area (Å²) in [7, 11) is 1.52. The Morgan fingerprint density at radius 2 is 2.30 bits per heavy atom. The SMILES string of the molecule is CCOC(=O)C(C)N=NC.